The number of aliphatic hydroxyl groups excluding tert-OH is 1. The van der Waals surface area contributed by atoms with Gasteiger partial charge < -0.3 is 29.4 Å². The average molecular weight is 546 g/mol. The predicted molar refractivity (Wildman–Crippen MR) is 132 cm³/mol. The van der Waals surface area contributed by atoms with Gasteiger partial charge in [0.15, 0.2) is 18.1 Å². The van der Waals surface area contributed by atoms with Crippen LogP contribution in [0.5, 0.6) is 5.75 Å². The molecule has 1 aliphatic heterocycles. The topological polar surface area (TPSA) is 173 Å². The van der Waals surface area contributed by atoms with Crippen LogP contribution in [0.15, 0.2) is 47.4 Å². The highest BCUT2D eigenvalue weighted by Gasteiger charge is 2.55. The minimum atomic E-state index is -3.57. The molecule has 0 aliphatic carbocycles. The zero-order chi connectivity index (χ0) is 26.7. The van der Waals surface area contributed by atoms with Crippen molar-refractivity contribution in [1.29, 1.82) is 0 Å². The highest BCUT2D eigenvalue weighted by atomic mass is 32.5. The van der Waals surface area contributed by atoms with Gasteiger partial charge in [-0.05, 0) is 50.8 Å². The molecule has 1 unspecified atom stereocenters. The standard InChI is InChI=1S/C21H29FN5O7PS/c1-12(2)32-19(29)13(3)26-35(36,34-14-7-5-4-6-8-14)31-11-21(24)17(22)16(28)18(33-21)27-10-9-15(23)25-20(27)30/h4-10,12-13,16-18,28H,11,24H2,1-3H3,(H,26,36)(H2,23,25,30)/t13-,16+,17-,18+,21+,35?/m0/s1. The van der Waals surface area contributed by atoms with Crippen molar-refractivity contribution in [1.82, 2.24) is 14.6 Å². The van der Waals surface area contributed by atoms with Crippen molar-refractivity contribution in [3.05, 3.63) is 53.1 Å². The van der Waals surface area contributed by atoms with Crippen molar-refractivity contribution in [3.8, 4) is 5.75 Å². The molecule has 2 heterocycles. The molecule has 1 saturated heterocycles. The molecule has 15 heteroatoms. The minimum Gasteiger partial charge on any atom is -0.462 e. The van der Waals surface area contributed by atoms with E-state index in [0.29, 0.717) is 5.75 Å². The highest BCUT2D eigenvalue weighted by molar-refractivity contribution is 8.09. The van der Waals surface area contributed by atoms with Crippen molar-refractivity contribution < 1.29 is 32.8 Å². The van der Waals surface area contributed by atoms with E-state index in [9.17, 15) is 14.7 Å². The fourth-order valence-corrected chi connectivity index (χ4v) is 5.69. The van der Waals surface area contributed by atoms with Gasteiger partial charge in [0.2, 0.25) is 0 Å². The van der Waals surface area contributed by atoms with Gasteiger partial charge in [0.1, 0.15) is 30.3 Å². The first-order valence-corrected chi connectivity index (χ1v) is 13.6. The fourth-order valence-electron chi connectivity index (χ4n) is 3.27. The number of aliphatic hydroxyl groups is 1. The third kappa shape index (κ3) is 6.65. The second kappa shape index (κ2) is 11.3. The Hall–Kier alpha value is -2.45. The van der Waals surface area contributed by atoms with Gasteiger partial charge in [-0.3, -0.25) is 15.1 Å². The van der Waals surface area contributed by atoms with Gasteiger partial charge in [-0.1, -0.05) is 18.2 Å². The largest absolute Gasteiger partial charge is 0.462 e. The summed E-state index contributed by atoms with van der Waals surface area (Å²) in [7, 11) is 0. The van der Waals surface area contributed by atoms with Crippen LogP contribution in [0.4, 0.5) is 10.2 Å². The van der Waals surface area contributed by atoms with Gasteiger partial charge in [-0.2, -0.15) is 4.98 Å². The van der Waals surface area contributed by atoms with Gasteiger partial charge >= 0.3 is 18.3 Å². The van der Waals surface area contributed by atoms with Crippen molar-refractivity contribution >= 4 is 30.2 Å². The van der Waals surface area contributed by atoms with Crippen molar-refractivity contribution in [2.75, 3.05) is 12.3 Å². The van der Waals surface area contributed by atoms with Gasteiger partial charge in [0.25, 0.3) is 0 Å². The number of ether oxygens (including phenoxy) is 2. The van der Waals surface area contributed by atoms with E-state index in [0.717, 1.165) is 4.57 Å². The number of anilines is 1. The average Bonchev–Trinajstić information content (AvgIpc) is 3.02. The zero-order valence-electron chi connectivity index (χ0n) is 19.8. The number of alkyl halides is 1. The number of hydrogen-bond donors (Lipinski definition) is 4. The lowest BCUT2D eigenvalue weighted by Crippen LogP contribution is -2.53. The number of nitrogens with two attached hydrogens (primary N) is 2. The molecule has 36 heavy (non-hydrogen) atoms. The second-order valence-corrected chi connectivity index (χ2v) is 11.5. The van der Waals surface area contributed by atoms with Crippen molar-refractivity contribution in [2.45, 2.75) is 57.1 Å². The van der Waals surface area contributed by atoms with E-state index in [1.54, 1.807) is 44.2 Å². The van der Waals surface area contributed by atoms with Crippen LogP contribution < -0.4 is 26.8 Å². The lowest BCUT2D eigenvalue weighted by Gasteiger charge is -2.31. The number of carbonyl (C=O) groups is 1. The third-order valence-corrected chi connectivity index (χ3v) is 7.49. The lowest BCUT2D eigenvalue weighted by molar-refractivity contribution is -0.149. The number of hydrogen-bond acceptors (Lipinski definition) is 11. The number of carbonyl (C=O) groups excluding carboxylic acids is 1. The van der Waals surface area contributed by atoms with Crippen LogP contribution >= 0.6 is 6.64 Å². The zero-order valence-corrected chi connectivity index (χ0v) is 21.5. The maximum absolute atomic E-state index is 15.2. The molecule has 6 N–H and O–H groups in total. The van der Waals surface area contributed by atoms with Gasteiger partial charge in [0.05, 0.1) is 6.10 Å². The summed E-state index contributed by atoms with van der Waals surface area (Å²) in [5, 5.41) is 13.2. The maximum Gasteiger partial charge on any atom is 0.351 e. The number of nitrogens with one attached hydrogen (secondary N) is 1. The van der Waals surface area contributed by atoms with E-state index in [4.69, 9.17) is 41.8 Å². The Balaban J connectivity index is 1.81. The summed E-state index contributed by atoms with van der Waals surface area (Å²) in [4.78, 5) is 28.1. The van der Waals surface area contributed by atoms with Crippen LogP contribution in [-0.4, -0.2) is 57.4 Å². The molecular formula is C21H29FN5O7PS. The first-order chi connectivity index (χ1) is 16.8. The van der Waals surface area contributed by atoms with Crippen LogP contribution in [0.1, 0.15) is 27.0 Å². The summed E-state index contributed by atoms with van der Waals surface area (Å²) in [6.45, 7) is 0.632. The monoisotopic (exact) mass is 545 g/mol. The van der Waals surface area contributed by atoms with Gasteiger partial charge in [-0.25, -0.2) is 14.3 Å². The summed E-state index contributed by atoms with van der Waals surface area (Å²) < 4.78 is 38.3. The number of para-hydroxylation sites is 1. The van der Waals surface area contributed by atoms with Crippen LogP contribution in [0.2, 0.25) is 0 Å². The Morgan fingerprint density at radius 2 is 2.03 bits per heavy atom. The molecule has 0 radical (unpaired) electrons. The van der Waals surface area contributed by atoms with Crippen LogP contribution in [-0.2, 0) is 30.6 Å². The van der Waals surface area contributed by atoms with Crippen molar-refractivity contribution in [3.63, 3.8) is 0 Å². The summed E-state index contributed by atoms with van der Waals surface area (Å²) >= 11 is 5.58. The van der Waals surface area contributed by atoms with Crippen LogP contribution in [0.25, 0.3) is 0 Å². The van der Waals surface area contributed by atoms with Crippen LogP contribution in [0, 0.1) is 0 Å². The normalized spacial score (nSPS) is 26.4. The smallest absolute Gasteiger partial charge is 0.351 e. The molecule has 1 fully saturated rings. The minimum absolute atomic E-state index is 0.0576. The number of benzene rings is 1. The molecule has 2 aromatic rings. The fraction of sp³-hybridized carbons (Fsp3) is 0.476. The Morgan fingerprint density at radius 1 is 1.36 bits per heavy atom. The first-order valence-electron chi connectivity index (χ1n) is 10.9. The predicted octanol–water partition coefficient (Wildman–Crippen LogP) is 0.958. The second-order valence-electron chi connectivity index (χ2n) is 8.41. The number of esters is 1. The third-order valence-electron chi connectivity index (χ3n) is 5.01. The maximum atomic E-state index is 15.2. The molecule has 3 rings (SSSR count). The molecule has 0 amide bonds. The van der Waals surface area contributed by atoms with Gasteiger partial charge in [0, 0.05) is 6.20 Å². The molecule has 198 valence electrons. The van der Waals surface area contributed by atoms with Crippen molar-refractivity contribution in [2.24, 2.45) is 5.73 Å². The lowest BCUT2D eigenvalue weighted by atomic mass is 10.1. The molecular weight excluding hydrogens is 516 g/mol. The molecule has 1 aromatic carbocycles. The van der Waals surface area contributed by atoms with E-state index < -0.39 is 55.2 Å². The number of nitrogens with zero attached hydrogens (tertiary/aromatic N) is 2. The van der Waals surface area contributed by atoms with E-state index >= 15 is 4.39 Å². The van der Waals surface area contributed by atoms with Crippen LogP contribution in [0.3, 0.4) is 0 Å². The Bertz CT molecular complexity index is 1170. The summed E-state index contributed by atoms with van der Waals surface area (Å²) in [6, 6.07) is 8.74. The summed E-state index contributed by atoms with van der Waals surface area (Å²) in [6.07, 6.45) is -4.69. The van der Waals surface area contributed by atoms with E-state index in [1.165, 1.54) is 19.2 Å². The Labute approximate surface area is 211 Å². The first kappa shape index (κ1) is 28.1. The molecule has 6 atom stereocenters. The number of rotatable bonds is 10. The molecule has 1 aliphatic rings. The molecule has 0 spiro atoms. The number of aromatic nitrogens is 2. The molecule has 1 aromatic heterocycles. The summed E-state index contributed by atoms with van der Waals surface area (Å²) in [5.41, 5.74) is 8.50. The van der Waals surface area contributed by atoms with E-state index in [-0.39, 0.29) is 11.9 Å². The number of halogens is 1. The highest BCUT2D eigenvalue weighted by Crippen LogP contribution is 2.47. The molecule has 12 nitrogen and oxygen atoms in total. The Morgan fingerprint density at radius 3 is 2.64 bits per heavy atom. The van der Waals surface area contributed by atoms with E-state index in [2.05, 4.69) is 10.1 Å². The SMILES string of the molecule is CC(C)OC(=O)[C@H](C)NP(=S)(OC[C@@]1(N)O[C@@H](n2ccc(N)nc2=O)[C@H](O)[C@@H]1F)Oc1ccccc1. The number of nitrogen functional groups attached to an aromatic ring is 1. The van der Waals surface area contributed by atoms with E-state index in [1.807, 2.05) is 0 Å². The van der Waals surface area contributed by atoms with Gasteiger partial charge in [-0.15, -0.1) is 0 Å². The Kier molecular flexibility index (Phi) is 8.83. The quantitative estimate of drug-likeness (QED) is 0.246. The summed E-state index contributed by atoms with van der Waals surface area (Å²) in [5.74, 6) is -0.337. The molecule has 0 bridgehead atoms. The molecule has 0 saturated carbocycles.